The molecule has 1 aliphatic rings. The van der Waals surface area contributed by atoms with Gasteiger partial charge in [0.15, 0.2) is 0 Å². The third kappa shape index (κ3) is 4.31. The summed E-state index contributed by atoms with van der Waals surface area (Å²) < 4.78 is 27.6. The Kier molecular flexibility index (Phi) is 6.12. The number of aromatic nitrogens is 2. The number of aromatic amines is 1. The molecule has 32 heavy (non-hydrogen) atoms. The summed E-state index contributed by atoms with van der Waals surface area (Å²) in [6.07, 6.45) is 2.71. The summed E-state index contributed by atoms with van der Waals surface area (Å²) in [5.41, 5.74) is 1.28. The zero-order valence-corrected chi connectivity index (χ0v) is 19.0. The maximum absolute atomic E-state index is 13.2. The van der Waals surface area contributed by atoms with Crippen molar-refractivity contribution in [2.75, 3.05) is 20.1 Å². The smallest absolute Gasteiger partial charge is 0.258 e. The van der Waals surface area contributed by atoms with Crippen LogP contribution in [0.3, 0.4) is 0 Å². The van der Waals surface area contributed by atoms with E-state index in [9.17, 15) is 18.0 Å². The first-order chi connectivity index (χ1) is 15.3. The number of carbonyl (C=O) groups excluding carboxylic acids is 1. The molecular weight excluding hydrogens is 428 g/mol. The molecule has 1 aliphatic heterocycles. The highest BCUT2D eigenvalue weighted by Crippen LogP contribution is 2.23. The van der Waals surface area contributed by atoms with Crippen LogP contribution in [-0.4, -0.2) is 53.6 Å². The number of H-pyrrole nitrogens is 1. The van der Waals surface area contributed by atoms with E-state index in [2.05, 4.69) is 9.97 Å². The number of amides is 1. The van der Waals surface area contributed by atoms with Crippen LogP contribution in [0.5, 0.6) is 0 Å². The molecule has 0 saturated carbocycles. The number of benzene rings is 2. The highest BCUT2D eigenvalue weighted by molar-refractivity contribution is 7.89. The van der Waals surface area contributed by atoms with Crippen molar-refractivity contribution >= 4 is 26.8 Å². The molecule has 8 nitrogen and oxygen atoms in total. The summed E-state index contributed by atoms with van der Waals surface area (Å²) in [5, 5.41) is 0.483. The summed E-state index contributed by atoms with van der Waals surface area (Å²) in [7, 11) is -2.05. The van der Waals surface area contributed by atoms with Gasteiger partial charge < -0.3 is 9.88 Å². The van der Waals surface area contributed by atoms with Crippen molar-refractivity contribution in [3.05, 3.63) is 69.8 Å². The Morgan fingerprint density at radius 1 is 1.12 bits per heavy atom. The standard InChI is InChI=1S/C23H26N4O4S/c1-16-10-11-17(32(30,31)27-12-6-3-7-13-27)14-19(16)23(29)26(2)15-21-24-20-9-5-4-8-18(20)22(28)25-21/h4-5,8-11,14H,3,6-7,12-13,15H2,1-2H3,(H,24,25,28). The number of sulfonamides is 1. The van der Waals surface area contributed by atoms with Gasteiger partial charge in [0.1, 0.15) is 5.82 Å². The molecule has 1 aromatic heterocycles. The zero-order chi connectivity index (χ0) is 22.9. The number of carbonyl (C=O) groups is 1. The third-order valence-corrected chi connectivity index (χ3v) is 7.68. The van der Waals surface area contributed by atoms with Crippen molar-refractivity contribution in [2.24, 2.45) is 0 Å². The van der Waals surface area contributed by atoms with Crippen LogP contribution in [0.2, 0.25) is 0 Å². The van der Waals surface area contributed by atoms with Gasteiger partial charge in [-0.15, -0.1) is 0 Å². The van der Waals surface area contributed by atoms with Crippen LogP contribution in [0.25, 0.3) is 10.9 Å². The fraction of sp³-hybridized carbons (Fsp3) is 0.348. The van der Waals surface area contributed by atoms with E-state index in [-0.39, 0.29) is 22.9 Å². The number of aryl methyl sites for hydroxylation is 1. The summed E-state index contributed by atoms with van der Waals surface area (Å²) in [6.45, 7) is 2.86. The molecule has 1 amide bonds. The monoisotopic (exact) mass is 454 g/mol. The highest BCUT2D eigenvalue weighted by atomic mass is 32.2. The lowest BCUT2D eigenvalue weighted by Crippen LogP contribution is -2.36. The predicted octanol–water partition coefficient (Wildman–Crippen LogP) is 2.68. The second-order valence-corrected chi connectivity index (χ2v) is 10.1. The molecule has 0 spiro atoms. The van der Waals surface area contributed by atoms with Crippen LogP contribution < -0.4 is 5.56 Å². The van der Waals surface area contributed by atoms with Gasteiger partial charge in [-0.2, -0.15) is 4.31 Å². The minimum atomic E-state index is -3.65. The molecule has 1 fully saturated rings. The van der Waals surface area contributed by atoms with E-state index in [0.29, 0.717) is 40.9 Å². The Labute approximate surface area is 186 Å². The number of nitrogens with zero attached hydrogens (tertiary/aromatic N) is 3. The molecule has 1 saturated heterocycles. The minimum Gasteiger partial charge on any atom is -0.334 e. The molecule has 168 valence electrons. The van der Waals surface area contributed by atoms with E-state index in [4.69, 9.17) is 0 Å². The van der Waals surface area contributed by atoms with Gasteiger partial charge in [0.25, 0.3) is 11.5 Å². The summed E-state index contributed by atoms with van der Waals surface area (Å²) in [6, 6.07) is 11.7. The van der Waals surface area contributed by atoms with Crippen LogP contribution in [0.4, 0.5) is 0 Å². The van der Waals surface area contributed by atoms with Gasteiger partial charge in [-0.3, -0.25) is 9.59 Å². The van der Waals surface area contributed by atoms with E-state index in [1.165, 1.54) is 15.3 Å². The second kappa shape index (κ2) is 8.84. The molecule has 0 radical (unpaired) electrons. The van der Waals surface area contributed by atoms with Crippen molar-refractivity contribution < 1.29 is 13.2 Å². The van der Waals surface area contributed by atoms with Crippen LogP contribution in [-0.2, 0) is 16.6 Å². The fourth-order valence-corrected chi connectivity index (χ4v) is 5.50. The number of fused-ring (bicyclic) bond motifs is 1. The Morgan fingerprint density at radius 2 is 1.84 bits per heavy atom. The van der Waals surface area contributed by atoms with Crippen molar-refractivity contribution in [1.29, 1.82) is 0 Å². The lowest BCUT2D eigenvalue weighted by molar-refractivity contribution is 0.0780. The van der Waals surface area contributed by atoms with Crippen molar-refractivity contribution in [1.82, 2.24) is 19.2 Å². The number of nitrogens with one attached hydrogen (secondary N) is 1. The molecule has 0 bridgehead atoms. The lowest BCUT2D eigenvalue weighted by Gasteiger charge is -2.26. The minimum absolute atomic E-state index is 0.0848. The molecule has 0 atom stereocenters. The van der Waals surface area contributed by atoms with Gasteiger partial charge in [0.2, 0.25) is 10.0 Å². The van der Waals surface area contributed by atoms with Crippen molar-refractivity contribution in [2.45, 2.75) is 37.6 Å². The Balaban J connectivity index is 1.60. The third-order valence-electron chi connectivity index (χ3n) is 5.79. The predicted molar refractivity (Wildman–Crippen MR) is 122 cm³/mol. The van der Waals surface area contributed by atoms with Gasteiger partial charge in [-0.25, -0.2) is 13.4 Å². The summed E-state index contributed by atoms with van der Waals surface area (Å²) in [5.74, 6) is 0.0216. The average Bonchev–Trinajstić information content (AvgIpc) is 2.79. The first kappa shape index (κ1) is 22.2. The maximum Gasteiger partial charge on any atom is 0.258 e. The van der Waals surface area contributed by atoms with Crippen LogP contribution in [0, 0.1) is 6.92 Å². The van der Waals surface area contributed by atoms with E-state index in [0.717, 1.165) is 19.3 Å². The first-order valence-electron chi connectivity index (χ1n) is 10.6. The maximum atomic E-state index is 13.2. The van der Waals surface area contributed by atoms with E-state index in [1.54, 1.807) is 50.4 Å². The van der Waals surface area contributed by atoms with Gasteiger partial charge >= 0.3 is 0 Å². The van der Waals surface area contributed by atoms with Gasteiger partial charge in [-0.1, -0.05) is 24.6 Å². The molecule has 3 aromatic rings. The van der Waals surface area contributed by atoms with Crippen LogP contribution >= 0.6 is 0 Å². The molecule has 2 aromatic carbocycles. The molecule has 9 heteroatoms. The number of hydrogen-bond acceptors (Lipinski definition) is 5. The largest absolute Gasteiger partial charge is 0.334 e. The Bertz CT molecular complexity index is 1330. The zero-order valence-electron chi connectivity index (χ0n) is 18.2. The van der Waals surface area contributed by atoms with Crippen LogP contribution in [0.1, 0.15) is 41.0 Å². The average molecular weight is 455 g/mol. The Morgan fingerprint density at radius 3 is 2.59 bits per heavy atom. The van der Waals surface area contributed by atoms with E-state index in [1.807, 2.05) is 0 Å². The molecule has 4 rings (SSSR count). The number of rotatable bonds is 5. The molecule has 1 N–H and O–H groups in total. The normalized spacial score (nSPS) is 15.1. The van der Waals surface area contributed by atoms with Crippen molar-refractivity contribution in [3.63, 3.8) is 0 Å². The van der Waals surface area contributed by atoms with Gasteiger partial charge in [0, 0.05) is 25.7 Å². The fourth-order valence-electron chi connectivity index (χ4n) is 3.96. The SMILES string of the molecule is Cc1ccc(S(=O)(=O)N2CCCCC2)cc1C(=O)N(C)Cc1nc2ccccc2c(=O)[nH]1. The lowest BCUT2D eigenvalue weighted by atomic mass is 10.1. The molecule has 0 aliphatic carbocycles. The highest BCUT2D eigenvalue weighted by Gasteiger charge is 2.27. The Hall–Kier alpha value is -3.04. The van der Waals surface area contributed by atoms with Gasteiger partial charge in [-0.05, 0) is 49.6 Å². The molecule has 0 unspecified atom stereocenters. The topological polar surface area (TPSA) is 103 Å². The van der Waals surface area contributed by atoms with E-state index < -0.39 is 10.0 Å². The van der Waals surface area contributed by atoms with Crippen LogP contribution in [0.15, 0.2) is 52.2 Å². The summed E-state index contributed by atoms with van der Waals surface area (Å²) >= 11 is 0. The quantitative estimate of drug-likeness (QED) is 0.638. The van der Waals surface area contributed by atoms with Crippen molar-refractivity contribution in [3.8, 4) is 0 Å². The number of piperidine rings is 1. The number of para-hydroxylation sites is 1. The molecule has 2 heterocycles. The first-order valence-corrected chi connectivity index (χ1v) is 12.1. The van der Waals surface area contributed by atoms with E-state index >= 15 is 0 Å². The van der Waals surface area contributed by atoms with Gasteiger partial charge in [0.05, 0.1) is 22.3 Å². The number of hydrogen-bond donors (Lipinski definition) is 1. The summed E-state index contributed by atoms with van der Waals surface area (Å²) in [4.78, 5) is 34.2. The second-order valence-electron chi connectivity index (χ2n) is 8.13. The molecular formula is C23H26N4O4S.